The van der Waals surface area contributed by atoms with Gasteiger partial charge in [0.25, 0.3) is 0 Å². The second-order valence-electron chi connectivity index (χ2n) is 6.11. The van der Waals surface area contributed by atoms with Crippen molar-refractivity contribution < 1.29 is 32.2 Å². The summed E-state index contributed by atoms with van der Waals surface area (Å²) in [6.07, 6.45) is 1.48. The Labute approximate surface area is 152 Å². The first-order valence-electron chi connectivity index (χ1n) is 7.56. The van der Waals surface area contributed by atoms with Gasteiger partial charge in [0.2, 0.25) is 0 Å². The largest absolute Gasteiger partial charge is 0.505 e. The summed E-state index contributed by atoms with van der Waals surface area (Å²) >= 11 is 5.70. The number of halogens is 3. The maximum absolute atomic E-state index is 14.1. The fourth-order valence-corrected chi connectivity index (χ4v) is 4.42. The zero-order valence-electron chi connectivity index (χ0n) is 13.2. The number of sulfone groups is 1. The summed E-state index contributed by atoms with van der Waals surface area (Å²) in [5.41, 5.74) is -0.452. The van der Waals surface area contributed by atoms with Crippen molar-refractivity contribution in [1.29, 1.82) is 0 Å². The Morgan fingerprint density at radius 3 is 2.38 bits per heavy atom. The van der Waals surface area contributed by atoms with E-state index in [9.17, 15) is 27.1 Å². The summed E-state index contributed by atoms with van der Waals surface area (Å²) in [4.78, 5) is 10.4. The number of phenols is 1. The van der Waals surface area contributed by atoms with Crippen LogP contribution < -0.4 is 0 Å². The smallest absolute Gasteiger partial charge is 0.335 e. The van der Waals surface area contributed by atoms with Crippen LogP contribution in [0.25, 0.3) is 0 Å². The molecule has 0 heterocycles. The molecule has 0 bridgehead atoms. The molecule has 138 valence electrons. The van der Waals surface area contributed by atoms with Crippen molar-refractivity contribution in [3.05, 3.63) is 57.6 Å². The van der Waals surface area contributed by atoms with Gasteiger partial charge in [0.15, 0.2) is 15.6 Å². The van der Waals surface area contributed by atoms with Crippen LogP contribution >= 0.6 is 11.6 Å². The van der Waals surface area contributed by atoms with Crippen LogP contribution in [0.1, 0.15) is 40.2 Å². The van der Waals surface area contributed by atoms with Gasteiger partial charge in [-0.15, -0.1) is 0 Å². The predicted molar refractivity (Wildman–Crippen MR) is 89.3 cm³/mol. The number of hydrogen-bond acceptors (Lipinski definition) is 4. The molecule has 0 spiro atoms. The molecule has 0 aliphatic heterocycles. The number of hydrogen-bond donors (Lipinski definition) is 2. The maximum atomic E-state index is 14.1. The Morgan fingerprint density at radius 2 is 1.81 bits per heavy atom. The van der Waals surface area contributed by atoms with E-state index in [4.69, 9.17) is 16.7 Å². The summed E-state index contributed by atoms with van der Waals surface area (Å²) in [6.45, 7) is 0. The molecule has 1 aliphatic rings. The van der Waals surface area contributed by atoms with Gasteiger partial charge in [0.05, 0.1) is 16.3 Å². The first-order chi connectivity index (χ1) is 12.1. The van der Waals surface area contributed by atoms with E-state index in [0.717, 1.165) is 25.0 Å². The molecule has 0 atom stereocenters. The highest BCUT2D eigenvalue weighted by atomic mass is 35.5. The standard InChI is InChI=1S/C17H13ClF2O5S/c18-12-4-9(17(22)23)5-15(16(12)21)26(24,25)7-10-3-11(8-1-2-8)14(20)6-13(10)19/h3-6,8,21H,1-2,7H2,(H,22,23). The fraction of sp³-hybridized carbons (Fsp3) is 0.235. The molecule has 2 aromatic rings. The van der Waals surface area contributed by atoms with Crippen molar-refractivity contribution in [3.8, 4) is 5.75 Å². The van der Waals surface area contributed by atoms with E-state index in [1.807, 2.05) is 0 Å². The summed E-state index contributed by atoms with van der Waals surface area (Å²) in [7, 11) is -4.34. The number of rotatable bonds is 5. The van der Waals surface area contributed by atoms with E-state index in [-0.39, 0.29) is 17.0 Å². The molecule has 0 unspecified atom stereocenters. The third kappa shape index (κ3) is 3.52. The molecule has 1 saturated carbocycles. The molecule has 26 heavy (non-hydrogen) atoms. The molecule has 0 aromatic heterocycles. The maximum Gasteiger partial charge on any atom is 0.335 e. The quantitative estimate of drug-likeness (QED) is 0.792. The molecule has 0 amide bonds. The highest BCUT2D eigenvalue weighted by molar-refractivity contribution is 7.90. The van der Waals surface area contributed by atoms with E-state index in [0.29, 0.717) is 6.07 Å². The van der Waals surface area contributed by atoms with Crippen LogP contribution in [0, 0.1) is 11.6 Å². The van der Waals surface area contributed by atoms with Gasteiger partial charge < -0.3 is 10.2 Å². The summed E-state index contributed by atoms with van der Waals surface area (Å²) in [5.74, 6) is -4.95. The van der Waals surface area contributed by atoms with Gasteiger partial charge in [0.1, 0.15) is 16.5 Å². The van der Waals surface area contributed by atoms with Crippen molar-refractivity contribution in [3.63, 3.8) is 0 Å². The van der Waals surface area contributed by atoms with Crippen molar-refractivity contribution >= 4 is 27.4 Å². The lowest BCUT2D eigenvalue weighted by Gasteiger charge is -2.11. The Bertz CT molecular complexity index is 1020. The van der Waals surface area contributed by atoms with Crippen LogP contribution in [0.4, 0.5) is 8.78 Å². The second-order valence-corrected chi connectivity index (χ2v) is 8.47. The first-order valence-corrected chi connectivity index (χ1v) is 9.59. The predicted octanol–water partition coefficient (Wildman–Crippen LogP) is 3.87. The van der Waals surface area contributed by atoms with E-state index >= 15 is 0 Å². The van der Waals surface area contributed by atoms with Gasteiger partial charge >= 0.3 is 5.97 Å². The minimum absolute atomic E-state index is 0.0600. The number of carbonyl (C=O) groups is 1. The Kier molecular flexibility index (Phi) is 4.66. The normalized spacial score (nSPS) is 14.4. The van der Waals surface area contributed by atoms with Crippen LogP contribution in [0.15, 0.2) is 29.2 Å². The molecule has 2 aromatic carbocycles. The van der Waals surface area contributed by atoms with Gasteiger partial charge in [-0.3, -0.25) is 0 Å². The van der Waals surface area contributed by atoms with Crippen molar-refractivity contribution in [2.75, 3.05) is 0 Å². The molecule has 9 heteroatoms. The monoisotopic (exact) mass is 402 g/mol. The number of aromatic carboxylic acids is 1. The second kappa shape index (κ2) is 6.51. The van der Waals surface area contributed by atoms with Gasteiger partial charge in [-0.1, -0.05) is 11.6 Å². The highest BCUT2D eigenvalue weighted by Gasteiger charge is 2.30. The lowest BCUT2D eigenvalue weighted by atomic mass is 10.1. The van der Waals surface area contributed by atoms with E-state index in [2.05, 4.69) is 0 Å². The molecule has 0 saturated heterocycles. The molecular weight excluding hydrogens is 390 g/mol. The minimum atomic E-state index is -4.34. The van der Waals surface area contributed by atoms with Crippen LogP contribution in [-0.4, -0.2) is 24.6 Å². The lowest BCUT2D eigenvalue weighted by molar-refractivity contribution is 0.0696. The van der Waals surface area contributed by atoms with Crippen LogP contribution in [-0.2, 0) is 15.6 Å². The molecule has 0 radical (unpaired) electrons. The molecule has 5 nitrogen and oxygen atoms in total. The van der Waals surface area contributed by atoms with E-state index in [1.54, 1.807) is 0 Å². The van der Waals surface area contributed by atoms with Crippen molar-refractivity contribution in [2.24, 2.45) is 0 Å². The van der Waals surface area contributed by atoms with Gasteiger partial charge in [-0.25, -0.2) is 22.0 Å². The minimum Gasteiger partial charge on any atom is -0.505 e. The van der Waals surface area contributed by atoms with Crippen LogP contribution in [0.3, 0.4) is 0 Å². The SMILES string of the molecule is O=C(O)c1cc(Cl)c(O)c(S(=O)(=O)Cc2cc(C3CC3)c(F)cc2F)c1. The van der Waals surface area contributed by atoms with Crippen LogP contribution in [0.2, 0.25) is 5.02 Å². The molecule has 2 N–H and O–H groups in total. The average Bonchev–Trinajstić information content (AvgIpc) is 3.36. The van der Waals surface area contributed by atoms with Gasteiger partial charge in [-0.2, -0.15) is 0 Å². The number of carboxylic acid groups (broad SMARTS) is 1. The molecule has 1 fully saturated rings. The first kappa shape index (κ1) is 18.6. The third-order valence-corrected chi connectivity index (χ3v) is 6.10. The summed E-state index contributed by atoms with van der Waals surface area (Å²) in [6, 6.07) is 3.46. The number of carboxylic acids is 1. The number of aromatic hydroxyl groups is 1. The lowest BCUT2D eigenvalue weighted by Crippen LogP contribution is -2.10. The fourth-order valence-electron chi connectivity index (χ4n) is 2.65. The topological polar surface area (TPSA) is 91.7 Å². The molecular formula is C17H13ClF2O5S. The van der Waals surface area contributed by atoms with Crippen molar-refractivity contribution in [1.82, 2.24) is 0 Å². The van der Waals surface area contributed by atoms with Crippen LogP contribution in [0.5, 0.6) is 5.75 Å². The Morgan fingerprint density at radius 1 is 1.15 bits per heavy atom. The zero-order valence-corrected chi connectivity index (χ0v) is 14.7. The Balaban J connectivity index is 2.05. The van der Waals surface area contributed by atoms with E-state index in [1.165, 1.54) is 6.07 Å². The Hall–Kier alpha value is -2.19. The van der Waals surface area contributed by atoms with Gasteiger partial charge in [-0.05, 0) is 42.5 Å². The van der Waals surface area contributed by atoms with Crippen molar-refractivity contribution in [2.45, 2.75) is 29.4 Å². The average molecular weight is 403 g/mol. The highest BCUT2D eigenvalue weighted by Crippen LogP contribution is 2.42. The summed E-state index contributed by atoms with van der Waals surface area (Å²) in [5, 5.41) is 18.5. The zero-order chi connectivity index (χ0) is 19.2. The van der Waals surface area contributed by atoms with Gasteiger partial charge in [0, 0.05) is 11.6 Å². The number of phenolic OH excluding ortho intramolecular Hbond substituents is 1. The molecule has 1 aliphatic carbocycles. The number of benzene rings is 2. The van der Waals surface area contributed by atoms with E-state index < -0.39 is 54.4 Å². The third-order valence-electron chi connectivity index (χ3n) is 4.14. The molecule has 3 rings (SSSR count). The summed E-state index contributed by atoms with van der Waals surface area (Å²) < 4.78 is 53.1.